The number of fused-ring (bicyclic) bond motifs is 4. The van der Waals surface area contributed by atoms with Gasteiger partial charge in [-0.3, -0.25) is 24.1 Å². The lowest BCUT2D eigenvalue weighted by Crippen LogP contribution is -2.60. The van der Waals surface area contributed by atoms with Crippen molar-refractivity contribution in [3.05, 3.63) is 94.8 Å². The normalized spacial score (nSPS) is 28.1. The zero-order valence-corrected chi connectivity index (χ0v) is 28.5. The van der Waals surface area contributed by atoms with E-state index < -0.39 is 98.2 Å². The van der Waals surface area contributed by atoms with Crippen LogP contribution in [0.3, 0.4) is 0 Å². The maximum Gasteiger partial charge on any atom is 0.258 e. The highest BCUT2D eigenvalue weighted by molar-refractivity contribution is 6.58. The van der Waals surface area contributed by atoms with E-state index in [0.29, 0.717) is 5.56 Å². The van der Waals surface area contributed by atoms with Crippen molar-refractivity contribution in [3.8, 4) is 17.2 Å². The van der Waals surface area contributed by atoms with Crippen molar-refractivity contribution in [1.82, 2.24) is 0 Å². The van der Waals surface area contributed by atoms with Crippen molar-refractivity contribution in [1.29, 1.82) is 0 Å². The van der Waals surface area contributed by atoms with Gasteiger partial charge in [0.05, 0.1) is 31.7 Å². The first-order chi connectivity index (χ1) is 24.6. The molecule has 0 unspecified atom stereocenters. The van der Waals surface area contributed by atoms with E-state index in [1.165, 1.54) is 20.3 Å². The summed E-state index contributed by atoms with van der Waals surface area (Å²) in [5.74, 6) is -22.7. The third-order valence-corrected chi connectivity index (χ3v) is 11.8. The number of hydrogen-bond acceptors (Lipinski definition) is 7. The monoisotopic (exact) mass is 762 g/mol. The average molecular weight is 763 g/mol. The van der Waals surface area contributed by atoms with Gasteiger partial charge in [-0.05, 0) is 36.5 Å². The molecule has 0 spiro atoms. The van der Waals surface area contributed by atoms with Crippen LogP contribution < -0.4 is 19.3 Å². The SMILES string of the molecule is C=Cc1ccc(N2C(=O)[C@H]3[C@H](CC=C4[C@H]3C[C@@]3(Cl)C(=O)N(c5c(F)c(F)c(F)c(F)c5F)C(=O)[C@@]3(Cl)[C@H]4c3c(OC)cc(O)cc3OC)C2=O)cc1. The first kappa shape index (κ1) is 35.5. The Bertz CT molecular complexity index is 2130. The maximum absolute atomic E-state index is 15.3. The van der Waals surface area contributed by atoms with Crippen molar-refractivity contribution in [2.45, 2.75) is 28.5 Å². The standard InChI is InChI=1S/C36H25Cl2F5N2O7/c1-4-14-5-7-15(8-6-14)44-31(47)18-10-9-17-19(22(18)32(44)48)13-35(37)33(49)45(30-28(42)26(40)25(39)27(41)29(30)43)34(50)36(35,38)24(17)23-20(51-2)11-16(46)12-21(23)52-3/h4-9,11-12,18-19,22,24,46H,1,10,13H2,2-3H3/t18-,19+,22-,24+,35+,36-/m0/s1. The van der Waals surface area contributed by atoms with Crippen molar-refractivity contribution in [2.75, 3.05) is 24.0 Å². The molecule has 1 saturated carbocycles. The maximum atomic E-state index is 15.3. The molecule has 1 N–H and O–H groups in total. The van der Waals surface area contributed by atoms with Crippen LogP contribution in [0, 0.1) is 46.8 Å². The Morgan fingerprint density at radius 2 is 1.38 bits per heavy atom. The van der Waals surface area contributed by atoms with Crippen LogP contribution in [0.4, 0.5) is 33.3 Å². The van der Waals surface area contributed by atoms with Crippen LogP contribution in [0.15, 0.2) is 54.6 Å². The summed E-state index contributed by atoms with van der Waals surface area (Å²) in [5.41, 5.74) is -0.879. The van der Waals surface area contributed by atoms with Crippen molar-refractivity contribution in [3.63, 3.8) is 0 Å². The minimum atomic E-state index is -2.82. The van der Waals surface area contributed by atoms with Gasteiger partial charge in [0.15, 0.2) is 33.0 Å². The number of imide groups is 2. The molecule has 3 fully saturated rings. The molecule has 0 radical (unpaired) electrons. The summed E-state index contributed by atoms with van der Waals surface area (Å²) in [7, 11) is 2.38. The second-order valence-electron chi connectivity index (χ2n) is 12.8. The number of carbonyl (C=O) groups is 4. The second kappa shape index (κ2) is 12.1. The van der Waals surface area contributed by atoms with Gasteiger partial charge in [-0.25, -0.2) is 26.9 Å². The van der Waals surface area contributed by atoms with Crippen LogP contribution in [-0.4, -0.2) is 52.7 Å². The molecule has 270 valence electrons. The number of aromatic hydroxyl groups is 1. The van der Waals surface area contributed by atoms with Crippen LogP contribution in [0.25, 0.3) is 6.08 Å². The van der Waals surface area contributed by atoms with E-state index in [9.17, 15) is 37.5 Å². The summed E-state index contributed by atoms with van der Waals surface area (Å²) in [6.45, 7) is 3.69. The Morgan fingerprint density at radius 1 is 0.827 bits per heavy atom. The molecule has 9 nitrogen and oxygen atoms in total. The minimum absolute atomic E-state index is 0.0761. The molecule has 52 heavy (non-hydrogen) atoms. The summed E-state index contributed by atoms with van der Waals surface area (Å²) in [6, 6.07) is 8.60. The predicted molar refractivity (Wildman–Crippen MR) is 177 cm³/mol. The van der Waals surface area contributed by atoms with Gasteiger partial charge in [0.25, 0.3) is 11.8 Å². The van der Waals surface area contributed by atoms with Gasteiger partial charge in [0.1, 0.15) is 22.9 Å². The summed E-state index contributed by atoms with van der Waals surface area (Å²) in [5, 5.41) is 10.5. The minimum Gasteiger partial charge on any atom is -0.508 e. The number of methoxy groups -OCH3 is 2. The van der Waals surface area contributed by atoms with E-state index in [-0.39, 0.29) is 45.4 Å². The number of nitrogens with zero attached hydrogens (tertiary/aromatic N) is 2. The van der Waals surface area contributed by atoms with Crippen molar-refractivity contribution >= 4 is 64.3 Å². The van der Waals surface area contributed by atoms with E-state index in [2.05, 4.69) is 6.58 Å². The highest BCUT2D eigenvalue weighted by atomic mass is 35.5. The number of allylic oxidation sites excluding steroid dienone is 2. The van der Waals surface area contributed by atoms with Gasteiger partial charge < -0.3 is 14.6 Å². The number of hydrogen-bond donors (Lipinski definition) is 1. The van der Waals surface area contributed by atoms with E-state index in [1.807, 2.05) is 0 Å². The van der Waals surface area contributed by atoms with Crippen LogP contribution >= 0.6 is 23.2 Å². The van der Waals surface area contributed by atoms with E-state index in [4.69, 9.17) is 32.7 Å². The third-order valence-electron chi connectivity index (χ3n) is 10.4. The first-order valence-electron chi connectivity index (χ1n) is 15.6. The quantitative estimate of drug-likeness (QED) is 0.0761. The first-order valence-corrected chi connectivity index (χ1v) is 16.4. The summed E-state index contributed by atoms with van der Waals surface area (Å²) >= 11 is 14.4. The number of benzene rings is 3. The number of phenols is 1. The lowest BCUT2D eigenvalue weighted by molar-refractivity contribution is -0.125. The molecule has 7 rings (SSSR count). The van der Waals surface area contributed by atoms with Gasteiger partial charge in [-0.1, -0.05) is 36.4 Å². The summed E-state index contributed by atoms with van der Waals surface area (Å²) in [4.78, 5) is 52.3. The fourth-order valence-electron chi connectivity index (χ4n) is 8.11. The molecular formula is C36H25Cl2F5N2O7. The van der Waals surface area contributed by atoms with Gasteiger partial charge >= 0.3 is 0 Å². The largest absolute Gasteiger partial charge is 0.508 e. The third kappa shape index (κ3) is 4.46. The van der Waals surface area contributed by atoms with Crippen LogP contribution in [-0.2, 0) is 19.2 Å². The highest BCUT2D eigenvalue weighted by Gasteiger charge is 2.77. The van der Waals surface area contributed by atoms with Gasteiger partial charge in [-0.15, -0.1) is 23.2 Å². The Labute approximate surface area is 301 Å². The number of ether oxygens (including phenoxy) is 2. The molecule has 4 amide bonds. The molecule has 2 aliphatic heterocycles. The number of halogens is 7. The number of amides is 4. The zero-order valence-electron chi connectivity index (χ0n) is 27.0. The molecule has 3 aromatic rings. The Balaban J connectivity index is 1.47. The van der Waals surface area contributed by atoms with Crippen LogP contribution in [0.1, 0.15) is 29.9 Å². The molecule has 6 atom stereocenters. The lowest BCUT2D eigenvalue weighted by atomic mass is 9.56. The number of rotatable bonds is 6. The smallest absolute Gasteiger partial charge is 0.258 e. The number of carbonyl (C=O) groups excluding carboxylic acids is 4. The number of anilines is 2. The Morgan fingerprint density at radius 3 is 1.92 bits per heavy atom. The number of phenolic OH excluding ortho intramolecular Hbond substituents is 1. The summed E-state index contributed by atoms with van der Waals surface area (Å²) < 4.78 is 84.8. The van der Waals surface area contributed by atoms with Gasteiger partial charge in [0, 0.05) is 23.6 Å². The second-order valence-corrected chi connectivity index (χ2v) is 14.0. The molecule has 2 heterocycles. The molecule has 16 heteroatoms. The lowest BCUT2D eigenvalue weighted by Gasteiger charge is -2.51. The molecule has 0 bridgehead atoms. The highest BCUT2D eigenvalue weighted by Crippen LogP contribution is 2.68. The molecule has 2 saturated heterocycles. The van der Waals surface area contributed by atoms with Crippen molar-refractivity contribution in [2.24, 2.45) is 17.8 Å². The van der Waals surface area contributed by atoms with Crippen LogP contribution in [0.5, 0.6) is 17.2 Å². The van der Waals surface area contributed by atoms with Crippen molar-refractivity contribution < 1.29 is 55.7 Å². The molecule has 0 aromatic heterocycles. The fourth-order valence-corrected chi connectivity index (χ4v) is 9.03. The molecule has 4 aliphatic rings. The van der Waals surface area contributed by atoms with Gasteiger partial charge in [0.2, 0.25) is 17.6 Å². The predicted octanol–water partition coefficient (Wildman–Crippen LogP) is 6.52. The Kier molecular flexibility index (Phi) is 8.22. The van der Waals surface area contributed by atoms with Gasteiger partial charge in [-0.2, -0.15) is 0 Å². The summed E-state index contributed by atoms with van der Waals surface area (Å²) in [6.07, 6.45) is 2.34. The topological polar surface area (TPSA) is 113 Å². The van der Waals surface area contributed by atoms with Crippen LogP contribution in [0.2, 0.25) is 0 Å². The molecule has 3 aromatic carbocycles. The average Bonchev–Trinajstić information content (AvgIpc) is 3.47. The zero-order chi connectivity index (χ0) is 37.8. The molecule has 2 aliphatic carbocycles. The van der Waals surface area contributed by atoms with E-state index >= 15 is 8.78 Å². The molecular weight excluding hydrogens is 738 g/mol. The number of alkyl halides is 2. The Hall–Kier alpha value is -4.95. The van der Waals surface area contributed by atoms with E-state index in [0.717, 1.165) is 17.0 Å². The fraction of sp³-hybridized carbons (Fsp3) is 0.278. The van der Waals surface area contributed by atoms with E-state index in [1.54, 1.807) is 30.3 Å².